The first-order chi connectivity index (χ1) is 10.7. The number of amides is 1. The molecular weight excluding hydrogens is 278 g/mol. The monoisotopic (exact) mass is 297 g/mol. The first kappa shape index (κ1) is 13.4. The molecule has 0 radical (unpaired) electrons. The van der Waals surface area contributed by atoms with Gasteiger partial charge in [0, 0.05) is 31.8 Å². The third-order valence-electron chi connectivity index (χ3n) is 4.57. The topological polar surface area (TPSA) is 47.4 Å². The van der Waals surface area contributed by atoms with E-state index in [2.05, 4.69) is 5.10 Å². The van der Waals surface area contributed by atoms with Crippen LogP contribution < -0.4 is 4.74 Å². The molecule has 2 atom stereocenters. The van der Waals surface area contributed by atoms with E-state index in [9.17, 15) is 4.79 Å². The second kappa shape index (κ2) is 5.16. The van der Waals surface area contributed by atoms with Gasteiger partial charge >= 0.3 is 0 Å². The average molecular weight is 297 g/mol. The van der Waals surface area contributed by atoms with E-state index in [1.807, 2.05) is 48.6 Å². The number of aromatic nitrogens is 2. The minimum absolute atomic E-state index is 0.0996. The van der Waals surface area contributed by atoms with Crippen LogP contribution in [0.3, 0.4) is 0 Å². The van der Waals surface area contributed by atoms with Crippen molar-refractivity contribution in [3.05, 3.63) is 47.8 Å². The molecule has 1 fully saturated rings. The number of ether oxygens (including phenoxy) is 1. The van der Waals surface area contributed by atoms with E-state index < -0.39 is 0 Å². The van der Waals surface area contributed by atoms with Crippen LogP contribution in [-0.4, -0.2) is 33.2 Å². The number of para-hydroxylation sites is 1. The van der Waals surface area contributed by atoms with Crippen molar-refractivity contribution < 1.29 is 9.53 Å². The Hall–Kier alpha value is -2.30. The average Bonchev–Trinajstić information content (AvgIpc) is 3.24. The highest BCUT2D eigenvalue weighted by Gasteiger charge is 2.38. The van der Waals surface area contributed by atoms with Gasteiger partial charge in [-0.05, 0) is 24.5 Å². The van der Waals surface area contributed by atoms with Crippen molar-refractivity contribution in [2.75, 3.05) is 6.54 Å². The van der Waals surface area contributed by atoms with Gasteiger partial charge in [0.1, 0.15) is 5.75 Å². The predicted molar refractivity (Wildman–Crippen MR) is 81.5 cm³/mol. The second-order valence-electron chi connectivity index (χ2n) is 6.06. The molecule has 0 aliphatic carbocycles. The van der Waals surface area contributed by atoms with Crippen LogP contribution >= 0.6 is 0 Å². The fraction of sp³-hybridized carbons (Fsp3) is 0.412. The van der Waals surface area contributed by atoms with Crippen LogP contribution in [0.25, 0.3) is 0 Å². The quantitative estimate of drug-likeness (QED) is 0.853. The van der Waals surface area contributed by atoms with Crippen molar-refractivity contribution in [1.82, 2.24) is 14.7 Å². The molecule has 5 heteroatoms. The summed E-state index contributed by atoms with van der Waals surface area (Å²) in [6, 6.07) is 8.04. The highest BCUT2D eigenvalue weighted by atomic mass is 16.5. The molecule has 0 spiro atoms. The molecule has 1 amide bonds. The number of carbonyl (C=O) groups excluding carboxylic acids is 1. The van der Waals surface area contributed by atoms with E-state index in [-0.39, 0.29) is 18.1 Å². The molecule has 22 heavy (non-hydrogen) atoms. The van der Waals surface area contributed by atoms with E-state index in [0.717, 1.165) is 36.3 Å². The molecular formula is C17H19N3O2. The van der Waals surface area contributed by atoms with Crippen molar-refractivity contribution in [2.45, 2.75) is 31.4 Å². The standard InChI is InChI=1S/C17H19N3O2/c1-19-11-13(10-18-19)14-6-4-8-20(14)17(21)16-9-12-5-2-3-7-15(12)22-16/h2-3,5,7,10-11,14,16H,4,6,8-9H2,1H3/t14-,16-/m1/s1. The van der Waals surface area contributed by atoms with Crippen molar-refractivity contribution in [1.29, 1.82) is 0 Å². The summed E-state index contributed by atoms with van der Waals surface area (Å²) in [5, 5.41) is 4.23. The SMILES string of the molecule is Cn1cc([C@H]2CCCN2C(=O)[C@H]2Cc3ccccc3O2)cn1. The normalized spacial score (nSPS) is 23.4. The Morgan fingerprint density at radius 2 is 2.23 bits per heavy atom. The van der Waals surface area contributed by atoms with Gasteiger partial charge in [-0.25, -0.2) is 0 Å². The summed E-state index contributed by atoms with van der Waals surface area (Å²) in [5.41, 5.74) is 2.24. The Morgan fingerprint density at radius 3 is 3.00 bits per heavy atom. The van der Waals surface area contributed by atoms with Crippen LogP contribution in [0.2, 0.25) is 0 Å². The van der Waals surface area contributed by atoms with E-state index in [1.54, 1.807) is 4.68 Å². The highest BCUT2D eigenvalue weighted by molar-refractivity contribution is 5.83. The van der Waals surface area contributed by atoms with Gasteiger partial charge in [0.25, 0.3) is 5.91 Å². The Kier molecular flexibility index (Phi) is 3.13. The van der Waals surface area contributed by atoms with Gasteiger partial charge in [0.2, 0.25) is 0 Å². The number of fused-ring (bicyclic) bond motifs is 1. The Bertz CT molecular complexity index is 684. The Labute approximate surface area is 129 Å². The predicted octanol–water partition coefficient (Wildman–Crippen LogP) is 2.09. The fourth-order valence-electron chi connectivity index (χ4n) is 3.49. The molecule has 2 aromatic rings. The van der Waals surface area contributed by atoms with E-state index >= 15 is 0 Å². The maximum atomic E-state index is 12.9. The van der Waals surface area contributed by atoms with Gasteiger partial charge in [0.05, 0.1) is 12.2 Å². The number of aryl methyl sites for hydroxylation is 1. The molecule has 5 nitrogen and oxygen atoms in total. The molecule has 4 rings (SSSR count). The van der Waals surface area contributed by atoms with Crippen LogP contribution in [0, 0.1) is 0 Å². The number of nitrogens with zero attached hydrogens (tertiary/aromatic N) is 3. The van der Waals surface area contributed by atoms with Crippen molar-refractivity contribution in [2.24, 2.45) is 7.05 Å². The number of rotatable bonds is 2. The van der Waals surface area contributed by atoms with Gasteiger partial charge in [-0.1, -0.05) is 18.2 Å². The Balaban J connectivity index is 1.53. The summed E-state index contributed by atoms with van der Waals surface area (Å²) in [5.74, 6) is 0.945. The molecule has 1 aromatic carbocycles. The van der Waals surface area contributed by atoms with Crippen LogP contribution in [0.5, 0.6) is 5.75 Å². The third-order valence-corrected chi connectivity index (χ3v) is 4.57. The summed E-state index contributed by atoms with van der Waals surface area (Å²) in [4.78, 5) is 14.8. The van der Waals surface area contributed by atoms with Gasteiger partial charge in [-0.2, -0.15) is 5.10 Å². The lowest BCUT2D eigenvalue weighted by molar-refractivity contribution is -0.138. The fourth-order valence-corrected chi connectivity index (χ4v) is 3.49. The molecule has 0 N–H and O–H groups in total. The number of hydrogen-bond donors (Lipinski definition) is 0. The van der Waals surface area contributed by atoms with Gasteiger partial charge in [-0.15, -0.1) is 0 Å². The smallest absolute Gasteiger partial charge is 0.264 e. The molecule has 1 aromatic heterocycles. The summed E-state index contributed by atoms with van der Waals surface area (Å²) in [6.45, 7) is 0.800. The minimum Gasteiger partial charge on any atom is -0.480 e. The number of likely N-dealkylation sites (tertiary alicyclic amines) is 1. The van der Waals surface area contributed by atoms with Crippen molar-refractivity contribution >= 4 is 5.91 Å². The lowest BCUT2D eigenvalue weighted by Crippen LogP contribution is -2.40. The largest absolute Gasteiger partial charge is 0.480 e. The van der Waals surface area contributed by atoms with Gasteiger partial charge in [-0.3, -0.25) is 9.48 Å². The van der Waals surface area contributed by atoms with Crippen LogP contribution in [0.15, 0.2) is 36.7 Å². The summed E-state index contributed by atoms with van der Waals surface area (Å²) < 4.78 is 7.65. The van der Waals surface area contributed by atoms with Crippen LogP contribution in [0.4, 0.5) is 0 Å². The Morgan fingerprint density at radius 1 is 1.36 bits per heavy atom. The maximum Gasteiger partial charge on any atom is 0.264 e. The lowest BCUT2D eigenvalue weighted by atomic mass is 10.1. The van der Waals surface area contributed by atoms with E-state index in [0.29, 0.717) is 6.42 Å². The van der Waals surface area contributed by atoms with Crippen molar-refractivity contribution in [3.63, 3.8) is 0 Å². The molecule has 3 heterocycles. The van der Waals surface area contributed by atoms with Gasteiger partial charge in [0.15, 0.2) is 6.10 Å². The molecule has 0 saturated carbocycles. The van der Waals surface area contributed by atoms with Crippen LogP contribution in [-0.2, 0) is 18.3 Å². The molecule has 2 aliphatic heterocycles. The molecule has 0 unspecified atom stereocenters. The summed E-state index contributed by atoms with van der Waals surface area (Å²) in [6.07, 6.45) is 6.18. The van der Waals surface area contributed by atoms with Crippen molar-refractivity contribution in [3.8, 4) is 5.75 Å². The number of hydrogen-bond acceptors (Lipinski definition) is 3. The molecule has 2 aliphatic rings. The van der Waals surface area contributed by atoms with Gasteiger partial charge < -0.3 is 9.64 Å². The lowest BCUT2D eigenvalue weighted by Gasteiger charge is -2.26. The summed E-state index contributed by atoms with van der Waals surface area (Å²) in [7, 11) is 1.90. The van der Waals surface area contributed by atoms with E-state index in [1.165, 1.54) is 0 Å². The minimum atomic E-state index is -0.380. The number of carbonyl (C=O) groups is 1. The third kappa shape index (κ3) is 2.17. The zero-order chi connectivity index (χ0) is 15.1. The highest BCUT2D eigenvalue weighted by Crippen LogP contribution is 2.35. The first-order valence-corrected chi connectivity index (χ1v) is 7.76. The molecule has 0 bridgehead atoms. The molecule has 1 saturated heterocycles. The molecule has 114 valence electrons. The zero-order valence-corrected chi connectivity index (χ0v) is 12.6. The van der Waals surface area contributed by atoms with Crippen LogP contribution in [0.1, 0.15) is 30.0 Å². The van der Waals surface area contributed by atoms with E-state index in [4.69, 9.17) is 4.74 Å². The first-order valence-electron chi connectivity index (χ1n) is 7.76. The maximum absolute atomic E-state index is 12.9. The second-order valence-corrected chi connectivity index (χ2v) is 6.06. The summed E-state index contributed by atoms with van der Waals surface area (Å²) >= 11 is 0. The zero-order valence-electron chi connectivity index (χ0n) is 12.6. The number of benzene rings is 1.